The van der Waals surface area contributed by atoms with E-state index in [0.29, 0.717) is 5.56 Å². The predicted octanol–water partition coefficient (Wildman–Crippen LogP) is 2.36. The summed E-state index contributed by atoms with van der Waals surface area (Å²) in [5, 5.41) is 0. The standard InChI is InChI=1S/C13H14FNO2/c14-12-4-1-8(7-15-12)13(16)9-5-10-2-3-11(6-9)17-10/h1,4,7,9-11H,2-3,5-6H2. The van der Waals surface area contributed by atoms with Crippen LogP contribution in [0.4, 0.5) is 4.39 Å². The van der Waals surface area contributed by atoms with Gasteiger partial charge in [0.05, 0.1) is 12.2 Å². The van der Waals surface area contributed by atoms with Crippen molar-refractivity contribution in [2.45, 2.75) is 37.9 Å². The minimum Gasteiger partial charge on any atom is -0.375 e. The number of nitrogens with zero attached hydrogens (tertiary/aromatic N) is 1. The first kappa shape index (κ1) is 10.8. The molecule has 0 saturated carbocycles. The summed E-state index contributed by atoms with van der Waals surface area (Å²) >= 11 is 0. The van der Waals surface area contributed by atoms with E-state index in [2.05, 4.69) is 4.98 Å². The topological polar surface area (TPSA) is 39.2 Å². The molecule has 2 bridgehead atoms. The summed E-state index contributed by atoms with van der Waals surface area (Å²) in [6, 6.07) is 2.75. The second kappa shape index (κ2) is 4.18. The van der Waals surface area contributed by atoms with Crippen molar-refractivity contribution in [3.8, 4) is 0 Å². The van der Waals surface area contributed by atoms with E-state index < -0.39 is 5.95 Å². The highest BCUT2D eigenvalue weighted by Crippen LogP contribution is 2.37. The molecule has 2 aliphatic rings. The molecule has 0 radical (unpaired) electrons. The first-order valence-electron chi connectivity index (χ1n) is 6.03. The first-order chi connectivity index (χ1) is 8.22. The van der Waals surface area contributed by atoms with E-state index in [0.717, 1.165) is 25.7 Å². The van der Waals surface area contributed by atoms with E-state index in [-0.39, 0.29) is 23.9 Å². The van der Waals surface area contributed by atoms with Crippen LogP contribution in [0.25, 0.3) is 0 Å². The van der Waals surface area contributed by atoms with Gasteiger partial charge in [-0.05, 0) is 37.8 Å². The molecule has 2 aliphatic heterocycles. The van der Waals surface area contributed by atoms with Crippen LogP contribution in [0.3, 0.4) is 0 Å². The van der Waals surface area contributed by atoms with Gasteiger partial charge in [0.1, 0.15) is 0 Å². The zero-order valence-corrected chi connectivity index (χ0v) is 9.43. The third-order valence-corrected chi connectivity index (χ3v) is 3.67. The average Bonchev–Trinajstić information content (AvgIpc) is 2.68. The molecule has 1 aromatic rings. The van der Waals surface area contributed by atoms with Crippen LogP contribution in [-0.4, -0.2) is 23.0 Å². The van der Waals surface area contributed by atoms with Crippen LogP contribution < -0.4 is 0 Å². The second-order valence-electron chi connectivity index (χ2n) is 4.86. The fourth-order valence-corrected chi connectivity index (χ4v) is 2.83. The Kier molecular flexibility index (Phi) is 2.67. The normalized spacial score (nSPS) is 31.5. The van der Waals surface area contributed by atoms with Gasteiger partial charge in [-0.1, -0.05) is 0 Å². The molecular weight excluding hydrogens is 221 g/mol. The SMILES string of the molecule is O=C(c1ccc(F)nc1)C1CC2CCC(C1)O2. The van der Waals surface area contributed by atoms with Gasteiger partial charge in [0.15, 0.2) is 5.78 Å². The van der Waals surface area contributed by atoms with Crippen molar-refractivity contribution in [2.75, 3.05) is 0 Å². The minimum absolute atomic E-state index is 0.0218. The molecular formula is C13H14FNO2. The first-order valence-corrected chi connectivity index (χ1v) is 6.03. The van der Waals surface area contributed by atoms with Crippen molar-refractivity contribution in [3.05, 3.63) is 29.8 Å². The molecule has 0 N–H and O–H groups in total. The monoisotopic (exact) mass is 235 g/mol. The second-order valence-corrected chi connectivity index (χ2v) is 4.86. The number of fused-ring (bicyclic) bond motifs is 2. The van der Waals surface area contributed by atoms with Gasteiger partial charge in [-0.15, -0.1) is 0 Å². The zero-order chi connectivity index (χ0) is 11.8. The molecule has 0 amide bonds. The molecule has 0 aliphatic carbocycles. The molecule has 0 aromatic carbocycles. The number of pyridine rings is 1. The Morgan fingerprint density at radius 3 is 2.59 bits per heavy atom. The highest BCUT2D eigenvalue weighted by molar-refractivity contribution is 5.97. The third kappa shape index (κ3) is 2.09. The average molecular weight is 235 g/mol. The lowest BCUT2D eigenvalue weighted by molar-refractivity contribution is -0.0149. The van der Waals surface area contributed by atoms with E-state index in [9.17, 15) is 9.18 Å². The van der Waals surface area contributed by atoms with Gasteiger partial charge in [0.25, 0.3) is 0 Å². The minimum atomic E-state index is -0.548. The molecule has 2 fully saturated rings. The molecule has 0 spiro atoms. The summed E-state index contributed by atoms with van der Waals surface area (Å²) in [6.45, 7) is 0. The number of hydrogen-bond acceptors (Lipinski definition) is 3. The Labute approximate surface area is 99.0 Å². The maximum absolute atomic E-state index is 12.7. The summed E-state index contributed by atoms with van der Waals surface area (Å²) in [5.41, 5.74) is 0.512. The highest BCUT2D eigenvalue weighted by atomic mass is 19.1. The maximum Gasteiger partial charge on any atom is 0.212 e. The summed E-state index contributed by atoms with van der Waals surface area (Å²) < 4.78 is 18.4. The largest absolute Gasteiger partial charge is 0.375 e. The van der Waals surface area contributed by atoms with Crippen LogP contribution in [0.1, 0.15) is 36.0 Å². The van der Waals surface area contributed by atoms with Crippen LogP contribution in [0.2, 0.25) is 0 Å². The quantitative estimate of drug-likeness (QED) is 0.583. The molecule has 90 valence electrons. The van der Waals surface area contributed by atoms with Gasteiger partial charge in [0, 0.05) is 17.7 Å². The van der Waals surface area contributed by atoms with Crippen molar-refractivity contribution >= 4 is 5.78 Å². The molecule has 1 aromatic heterocycles. The van der Waals surface area contributed by atoms with Gasteiger partial charge < -0.3 is 4.74 Å². The Morgan fingerprint density at radius 2 is 2.00 bits per heavy atom. The van der Waals surface area contributed by atoms with E-state index in [1.807, 2.05) is 0 Å². The van der Waals surface area contributed by atoms with E-state index in [1.54, 1.807) is 0 Å². The number of ether oxygens (including phenoxy) is 1. The predicted molar refractivity (Wildman–Crippen MR) is 59.1 cm³/mol. The van der Waals surface area contributed by atoms with Gasteiger partial charge in [-0.2, -0.15) is 4.39 Å². The molecule has 3 nitrogen and oxygen atoms in total. The number of Topliss-reactive ketones (excluding diaryl/α,β-unsaturated/α-hetero) is 1. The lowest BCUT2D eigenvalue weighted by Gasteiger charge is -2.27. The number of halogens is 1. The van der Waals surface area contributed by atoms with Gasteiger partial charge >= 0.3 is 0 Å². The molecule has 2 atom stereocenters. The van der Waals surface area contributed by atoms with Crippen molar-refractivity contribution in [1.82, 2.24) is 4.98 Å². The molecule has 17 heavy (non-hydrogen) atoms. The fraction of sp³-hybridized carbons (Fsp3) is 0.538. The van der Waals surface area contributed by atoms with Crippen LogP contribution in [-0.2, 0) is 4.74 Å². The molecule has 3 heterocycles. The van der Waals surface area contributed by atoms with E-state index in [4.69, 9.17) is 4.74 Å². The Hall–Kier alpha value is -1.29. The number of carbonyl (C=O) groups excluding carboxylic acids is 1. The smallest absolute Gasteiger partial charge is 0.212 e. The highest BCUT2D eigenvalue weighted by Gasteiger charge is 2.38. The molecule has 2 saturated heterocycles. The van der Waals surface area contributed by atoms with Crippen molar-refractivity contribution in [3.63, 3.8) is 0 Å². The van der Waals surface area contributed by atoms with Gasteiger partial charge in [-0.25, -0.2) is 4.98 Å². The molecule has 3 rings (SSSR count). The number of ketones is 1. The Balaban J connectivity index is 1.76. The lowest BCUT2D eigenvalue weighted by atomic mass is 9.88. The Bertz CT molecular complexity index is 420. The van der Waals surface area contributed by atoms with Crippen molar-refractivity contribution in [2.24, 2.45) is 5.92 Å². The summed E-state index contributed by atoms with van der Waals surface area (Å²) in [7, 11) is 0. The Morgan fingerprint density at radius 1 is 1.29 bits per heavy atom. The summed E-state index contributed by atoms with van der Waals surface area (Å²) in [6.07, 6.45) is 5.55. The van der Waals surface area contributed by atoms with Crippen LogP contribution in [0.5, 0.6) is 0 Å². The van der Waals surface area contributed by atoms with Crippen molar-refractivity contribution < 1.29 is 13.9 Å². The van der Waals surface area contributed by atoms with E-state index >= 15 is 0 Å². The number of rotatable bonds is 2. The summed E-state index contributed by atoms with van der Waals surface area (Å²) in [5.74, 6) is -0.445. The number of carbonyl (C=O) groups is 1. The zero-order valence-electron chi connectivity index (χ0n) is 9.43. The van der Waals surface area contributed by atoms with Gasteiger partial charge in [0.2, 0.25) is 5.95 Å². The molecule has 2 unspecified atom stereocenters. The van der Waals surface area contributed by atoms with Crippen LogP contribution in [0, 0.1) is 11.9 Å². The summed E-state index contributed by atoms with van der Waals surface area (Å²) in [4.78, 5) is 15.7. The molecule has 4 heteroatoms. The van der Waals surface area contributed by atoms with Crippen LogP contribution in [0.15, 0.2) is 18.3 Å². The number of hydrogen-bond donors (Lipinski definition) is 0. The lowest BCUT2D eigenvalue weighted by Crippen LogP contribution is -2.30. The fourth-order valence-electron chi connectivity index (χ4n) is 2.83. The number of aromatic nitrogens is 1. The maximum atomic E-state index is 12.7. The van der Waals surface area contributed by atoms with Crippen molar-refractivity contribution in [1.29, 1.82) is 0 Å². The third-order valence-electron chi connectivity index (χ3n) is 3.67. The van der Waals surface area contributed by atoms with Crippen LogP contribution >= 0.6 is 0 Å². The van der Waals surface area contributed by atoms with Gasteiger partial charge in [-0.3, -0.25) is 4.79 Å². The van der Waals surface area contributed by atoms with E-state index in [1.165, 1.54) is 18.3 Å².